The quantitative estimate of drug-likeness (QED) is 0.694. The third kappa shape index (κ3) is 5.74. The minimum Gasteiger partial charge on any atom is -0.369 e. The number of rotatable bonds is 7. The molecule has 0 aliphatic carbocycles. The number of benzene rings is 2. The number of piperazine rings is 1. The second-order valence-corrected chi connectivity index (χ2v) is 8.88. The van der Waals surface area contributed by atoms with Gasteiger partial charge in [-0.3, -0.25) is 4.79 Å². The number of nitrogens with one attached hydrogen (secondary N) is 1. The predicted octanol–water partition coefficient (Wildman–Crippen LogP) is 2.24. The number of carbonyl (C=O) groups excluding carboxylic acids is 1. The molecule has 156 valence electrons. The van der Waals surface area contributed by atoms with Crippen LogP contribution in [-0.4, -0.2) is 57.1 Å². The van der Waals surface area contributed by atoms with Gasteiger partial charge in [0, 0.05) is 44.0 Å². The van der Waals surface area contributed by atoms with Gasteiger partial charge in [-0.25, -0.2) is 17.2 Å². The average molecular weight is 423 g/mol. The lowest BCUT2D eigenvalue weighted by Crippen LogP contribution is -2.49. The van der Waals surface area contributed by atoms with Crippen molar-refractivity contribution in [1.29, 1.82) is 0 Å². The SMILES string of the molecule is O=C(NCCCS(=O)(=O)N1CCN(c2ccc(F)cc2)CC1)c1ccc(F)cc1. The van der Waals surface area contributed by atoms with E-state index in [1.54, 1.807) is 12.1 Å². The normalized spacial score (nSPS) is 15.3. The van der Waals surface area contributed by atoms with Gasteiger partial charge < -0.3 is 10.2 Å². The number of hydrogen-bond acceptors (Lipinski definition) is 4. The number of hydrogen-bond donors (Lipinski definition) is 1. The molecule has 29 heavy (non-hydrogen) atoms. The Morgan fingerprint density at radius 2 is 1.45 bits per heavy atom. The minimum absolute atomic E-state index is 0.0623. The average Bonchev–Trinajstić information content (AvgIpc) is 2.72. The monoisotopic (exact) mass is 423 g/mol. The summed E-state index contributed by atoms with van der Waals surface area (Å²) in [6.07, 6.45) is 0.285. The smallest absolute Gasteiger partial charge is 0.251 e. The van der Waals surface area contributed by atoms with Crippen molar-refractivity contribution < 1.29 is 22.0 Å². The van der Waals surface area contributed by atoms with Crippen molar-refractivity contribution in [2.24, 2.45) is 0 Å². The van der Waals surface area contributed by atoms with Gasteiger partial charge in [0.1, 0.15) is 11.6 Å². The molecule has 1 aliphatic rings. The molecule has 0 bridgehead atoms. The van der Waals surface area contributed by atoms with E-state index in [2.05, 4.69) is 5.32 Å². The van der Waals surface area contributed by atoms with Gasteiger partial charge in [0.25, 0.3) is 5.91 Å². The lowest BCUT2D eigenvalue weighted by atomic mass is 10.2. The first-order chi connectivity index (χ1) is 13.8. The molecule has 0 radical (unpaired) electrons. The van der Waals surface area contributed by atoms with Crippen molar-refractivity contribution in [2.75, 3.05) is 43.4 Å². The van der Waals surface area contributed by atoms with Crippen LogP contribution >= 0.6 is 0 Å². The first-order valence-corrected chi connectivity index (χ1v) is 11.0. The lowest BCUT2D eigenvalue weighted by molar-refractivity contribution is 0.0953. The van der Waals surface area contributed by atoms with E-state index in [-0.39, 0.29) is 30.4 Å². The van der Waals surface area contributed by atoms with Crippen LogP contribution in [0.25, 0.3) is 0 Å². The highest BCUT2D eigenvalue weighted by atomic mass is 32.2. The summed E-state index contributed by atoms with van der Waals surface area (Å²) in [7, 11) is -3.42. The zero-order valence-corrected chi connectivity index (χ0v) is 16.7. The van der Waals surface area contributed by atoms with E-state index in [9.17, 15) is 22.0 Å². The number of halogens is 2. The number of nitrogens with zero attached hydrogens (tertiary/aromatic N) is 2. The summed E-state index contributed by atoms with van der Waals surface area (Å²) in [5, 5.41) is 2.64. The minimum atomic E-state index is -3.42. The molecule has 1 heterocycles. The van der Waals surface area contributed by atoms with Crippen LogP contribution in [0.1, 0.15) is 16.8 Å². The maximum atomic E-state index is 13.0. The number of carbonyl (C=O) groups is 1. The Labute approximate surface area is 169 Å². The Bertz CT molecular complexity index is 926. The fraction of sp³-hybridized carbons (Fsp3) is 0.350. The van der Waals surface area contributed by atoms with Crippen LogP contribution in [0.2, 0.25) is 0 Å². The highest BCUT2D eigenvalue weighted by Crippen LogP contribution is 2.18. The molecular formula is C20H23F2N3O3S. The van der Waals surface area contributed by atoms with Crippen molar-refractivity contribution in [1.82, 2.24) is 9.62 Å². The highest BCUT2D eigenvalue weighted by molar-refractivity contribution is 7.89. The standard InChI is InChI=1S/C20H23F2N3O3S/c21-17-4-2-16(3-5-17)20(26)23-10-1-15-29(27,28)25-13-11-24(12-14-25)19-8-6-18(22)7-9-19/h2-9H,1,10-15H2,(H,23,26). The van der Waals surface area contributed by atoms with Crippen LogP contribution in [0, 0.1) is 11.6 Å². The van der Waals surface area contributed by atoms with E-state index < -0.39 is 15.8 Å². The molecule has 1 amide bonds. The fourth-order valence-electron chi connectivity index (χ4n) is 3.17. The van der Waals surface area contributed by atoms with Gasteiger partial charge >= 0.3 is 0 Å². The summed E-state index contributed by atoms with van der Waals surface area (Å²) in [4.78, 5) is 14.0. The highest BCUT2D eigenvalue weighted by Gasteiger charge is 2.26. The molecule has 9 heteroatoms. The van der Waals surface area contributed by atoms with Crippen LogP contribution in [0.5, 0.6) is 0 Å². The maximum Gasteiger partial charge on any atom is 0.251 e. The Hall–Kier alpha value is -2.52. The van der Waals surface area contributed by atoms with E-state index in [0.717, 1.165) is 5.69 Å². The first-order valence-electron chi connectivity index (χ1n) is 9.37. The molecule has 3 rings (SSSR count). The van der Waals surface area contributed by atoms with Gasteiger partial charge in [0.2, 0.25) is 10.0 Å². The van der Waals surface area contributed by atoms with E-state index in [0.29, 0.717) is 31.7 Å². The molecule has 0 saturated carbocycles. The largest absolute Gasteiger partial charge is 0.369 e. The second kappa shape index (κ2) is 9.32. The fourth-order valence-corrected chi connectivity index (χ4v) is 4.65. The third-order valence-electron chi connectivity index (χ3n) is 4.79. The van der Waals surface area contributed by atoms with Crippen molar-refractivity contribution in [3.63, 3.8) is 0 Å². The van der Waals surface area contributed by atoms with E-state index in [1.165, 1.54) is 40.7 Å². The predicted molar refractivity (Wildman–Crippen MR) is 107 cm³/mol. The molecule has 1 aliphatic heterocycles. The molecule has 0 unspecified atom stereocenters. The molecule has 2 aromatic rings. The number of amides is 1. The van der Waals surface area contributed by atoms with Crippen LogP contribution < -0.4 is 10.2 Å². The molecular weight excluding hydrogens is 400 g/mol. The summed E-state index contributed by atoms with van der Waals surface area (Å²) in [5.74, 6) is -1.16. The second-order valence-electron chi connectivity index (χ2n) is 6.79. The molecule has 1 saturated heterocycles. The van der Waals surface area contributed by atoms with Crippen molar-refractivity contribution in [2.45, 2.75) is 6.42 Å². The number of anilines is 1. The van der Waals surface area contributed by atoms with Gasteiger partial charge in [-0.05, 0) is 55.0 Å². The van der Waals surface area contributed by atoms with Gasteiger partial charge in [-0.15, -0.1) is 0 Å². The van der Waals surface area contributed by atoms with E-state index in [1.807, 2.05) is 4.90 Å². The molecule has 6 nitrogen and oxygen atoms in total. The summed E-state index contributed by atoms with van der Waals surface area (Å²) in [6, 6.07) is 11.3. The Morgan fingerprint density at radius 3 is 2.03 bits per heavy atom. The van der Waals surface area contributed by atoms with Gasteiger partial charge in [0.05, 0.1) is 5.75 Å². The van der Waals surface area contributed by atoms with Gasteiger partial charge in [-0.1, -0.05) is 0 Å². The summed E-state index contributed by atoms with van der Waals surface area (Å²) in [6.45, 7) is 2.01. The van der Waals surface area contributed by atoms with Crippen LogP contribution in [0.4, 0.5) is 14.5 Å². The molecule has 0 spiro atoms. The maximum absolute atomic E-state index is 13.0. The van der Waals surface area contributed by atoms with Crippen molar-refractivity contribution >= 4 is 21.6 Å². The van der Waals surface area contributed by atoms with E-state index in [4.69, 9.17) is 0 Å². The third-order valence-corrected chi connectivity index (χ3v) is 6.75. The summed E-state index contributed by atoms with van der Waals surface area (Å²) >= 11 is 0. The van der Waals surface area contributed by atoms with Gasteiger partial charge in [0.15, 0.2) is 0 Å². The van der Waals surface area contributed by atoms with E-state index >= 15 is 0 Å². The Kier molecular flexibility index (Phi) is 6.81. The molecule has 0 atom stereocenters. The molecule has 1 N–H and O–H groups in total. The molecule has 0 aromatic heterocycles. The van der Waals surface area contributed by atoms with Crippen LogP contribution in [-0.2, 0) is 10.0 Å². The molecule has 1 fully saturated rings. The first kappa shape index (κ1) is 21.2. The van der Waals surface area contributed by atoms with Crippen LogP contribution in [0.3, 0.4) is 0 Å². The van der Waals surface area contributed by atoms with Crippen LogP contribution in [0.15, 0.2) is 48.5 Å². The van der Waals surface area contributed by atoms with Crippen molar-refractivity contribution in [3.8, 4) is 0 Å². The lowest BCUT2D eigenvalue weighted by Gasteiger charge is -2.35. The Morgan fingerprint density at radius 1 is 0.897 bits per heavy atom. The zero-order valence-electron chi connectivity index (χ0n) is 15.9. The topological polar surface area (TPSA) is 69.7 Å². The zero-order chi connectivity index (χ0) is 20.9. The van der Waals surface area contributed by atoms with Gasteiger partial charge in [-0.2, -0.15) is 4.31 Å². The molecule has 2 aromatic carbocycles. The summed E-state index contributed by atoms with van der Waals surface area (Å²) < 4.78 is 52.4. The van der Waals surface area contributed by atoms with Crippen molar-refractivity contribution in [3.05, 3.63) is 65.7 Å². The summed E-state index contributed by atoms with van der Waals surface area (Å²) in [5.41, 5.74) is 1.19. The Balaban J connectivity index is 1.42. The number of sulfonamides is 1.